The lowest BCUT2D eigenvalue weighted by Gasteiger charge is -2.14. The second kappa shape index (κ2) is 6.16. The standard InChI is InChI=1S/C13H18O3/c1-10(2)9-15-13(14)11(3)16-12-7-5-4-6-8-12/h4-8,10-11H,9H2,1-3H3/t11-/m1/s1. The first-order chi connectivity index (χ1) is 7.59. The van der Waals surface area contributed by atoms with E-state index in [9.17, 15) is 4.79 Å². The van der Waals surface area contributed by atoms with Gasteiger partial charge in [-0.25, -0.2) is 4.79 Å². The Morgan fingerprint density at radius 1 is 1.19 bits per heavy atom. The average Bonchev–Trinajstić information content (AvgIpc) is 2.27. The van der Waals surface area contributed by atoms with Crippen molar-refractivity contribution in [1.29, 1.82) is 0 Å². The molecule has 3 heteroatoms. The van der Waals surface area contributed by atoms with Crippen molar-refractivity contribution in [2.24, 2.45) is 5.92 Å². The van der Waals surface area contributed by atoms with E-state index in [4.69, 9.17) is 9.47 Å². The van der Waals surface area contributed by atoms with Gasteiger partial charge in [0.2, 0.25) is 0 Å². The molecule has 0 N–H and O–H groups in total. The Hall–Kier alpha value is -1.51. The number of carbonyl (C=O) groups excluding carboxylic acids is 1. The molecule has 0 aliphatic carbocycles. The van der Waals surface area contributed by atoms with Gasteiger partial charge in [-0.2, -0.15) is 0 Å². The average molecular weight is 222 g/mol. The van der Waals surface area contributed by atoms with E-state index in [-0.39, 0.29) is 5.97 Å². The molecule has 0 amide bonds. The lowest BCUT2D eigenvalue weighted by Crippen LogP contribution is -2.27. The Bertz CT molecular complexity index is 319. The van der Waals surface area contributed by atoms with Gasteiger partial charge in [0, 0.05) is 0 Å². The number of para-hydroxylation sites is 1. The Labute approximate surface area is 96.4 Å². The number of ether oxygens (including phenoxy) is 2. The first-order valence-corrected chi connectivity index (χ1v) is 5.48. The molecule has 1 rings (SSSR count). The van der Waals surface area contributed by atoms with E-state index in [1.807, 2.05) is 44.2 Å². The third kappa shape index (κ3) is 4.34. The van der Waals surface area contributed by atoms with E-state index in [1.54, 1.807) is 6.92 Å². The van der Waals surface area contributed by atoms with Crippen LogP contribution in [-0.4, -0.2) is 18.7 Å². The smallest absolute Gasteiger partial charge is 0.347 e. The first kappa shape index (κ1) is 12.6. The van der Waals surface area contributed by atoms with E-state index in [2.05, 4.69) is 0 Å². The predicted molar refractivity (Wildman–Crippen MR) is 62.3 cm³/mol. The lowest BCUT2D eigenvalue weighted by atomic mass is 10.2. The van der Waals surface area contributed by atoms with Gasteiger partial charge in [0.05, 0.1) is 6.61 Å². The molecule has 3 nitrogen and oxygen atoms in total. The van der Waals surface area contributed by atoms with Crippen molar-refractivity contribution >= 4 is 5.97 Å². The van der Waals surface area contributed by atoms with Crippen molar-refractivity contribution in [1.82, 2.24) is 0 Å². The Balaban J connectivity index is 2.40. The van der Waals surface area contributed by atoms with Gasteiger partial charge in [0.1, 0.15) is 5.75 Å². The molecule has 16 heavy (non-hydrogen) atoms. The zero-order valence-corrected chi connectivity index (χ0v) is 9.97. The maximum atomic E-state index is 11.5. The second-order valence-electron chi connectivity index (χ2n) is 4.10. The zero-order valence-electron chi connectivity index (χ0n) is 9.97. The summed E-state index contributed by atoms with van der Waals surface area (Å²) in [5.41, 5.74) is 0. The zero-order chi connectivity index (χ0) is 12.0. The van der Waals surface area contributed by atoms with Crippen LogP contribution in [0.2, 0.25) is 0 Å². The summed E-state index contributed by atoms with van der Waals surface area (Å²) in [5, 5.41) is 0. The number of hydrogen-bond acceptors (Lipinski definition) is 3. The molecule has 0 unspecified atom stereocenters. The summed E-state index contributed by atoms with van der Waals surface area (Å²) in [4.78, 5) is 11.5. The molecule has 0 saturated carbocycles. The van der Waals surface area contributed by atoms with Crippen molar-refractivity contribution < 1.29 is 14.3 Å². The second-order valence-corrected chi connectivity index (χ2v) is 4.10. The van der Waals surface area contributed by atoms with Crippen LogP contribution in [0.1, 0.15) is 20.8 Å². The fourth-order valence-corrected chi connectivity index (χ4v) is 1.12. The van der Waals surface area contributed by atoms with Crippen LogP contribution in [0, 0.1) is 5.92 Å². The Morgan fingerprint density at radius 3 is 2.38 bits per heavy atom. The van der Waals surface area contributed by atoms with Gasteiger partial charge in [0.25, 0.3) is 0 Å². The van der Waals surface area contributed by atoms with E-state index < -0.39 is 6.10 Å². The van der Waals surface area contributed by atoms with Crippen molar-refractivity contribution in [3.05, 3.63) is 30.3 Å². The molecule has 1 atom stereocenters. The maximum absolute atomic E-state index is 11.5. The molecule has 88 valence electrons. The van der Waals surface area contributed by atoms with Crippen LogP contribution in [0.25, 0.3) is 0 Å². The minimum Gasteiger partial charge on any atom is -0.479 e. The molecule has 0 aliphatic rings. The molecule has 0 heterocycles. The Kier molecular flexibility index (Phi) is 4.83. The SMILES string of the molecule is CC(C)COC(=O)[C@@H](C)Oc1ccccc1. The highest BCUT2D eigenvalue weighted by Crippen LogP contribution is 2.11. The molecule has 0 radical (unpaired) electrons. The summed E-state index contributed by atoms with van der Waals surface area (Å²) in [5.74, 6) is 0.696. The minimum absolute atomic E-state index is 0.322. The van der Waals surface area contributed by atoms with E-state index in [1.165, 1.54) is 0 Å². The quantitative estimate of drug-likeness (QED) is 0.718. The van der Waals surface area contributed by atoms with E-state index >= 15 is 0 Å². The summed E-state index contributed by atoms with van der Waals surface area (Å²) in [7, 11) is 0. The van der Waals surface area contributed by atoms with Gasteiger partial charge in [-0.1, -0.05) is 32.0 Å². The van der Waals surface area contributed by atoms with Gasteiger partial charge in [-0.05, 0) is 25.0 Å². The third-order valence-corrected chi connectivity index (χ3v) is 1.95. The molecule has 0 aromatic heterocycles. The van der Waals surface area contributed by atoms with Crippen LogP contribution in [0.15, 0.2) is 30.3 Å². The fourth-order valence-electron chi connectivity index (χ4n) is 1.12. The van der Waals surface area contributed by atoms with Crippen molar-refractivity contribution in [2.45, 2.75) is 26.9 Å². The number of carbonyl (C=O) groups is 1. The molecule has 0 bridgehead atoms. The lowest BCUT2D eigenvalue weighted by molar-refractivity contribution is -0.152. The van der Waals surface area contributed by atoms with Crippen LogP contribution >= 0.6 is 0 Å². The van der Waals surface area contributed by atoms with E-state index in [0.29, 0.717) is 18.3 Å². The van der Waals surface area contributed by atoms with Gasteiger partial charge in [-0.15, -0.1) is 0 Å². The largest absolute Gasteiger partial charge is 0.479 e. The maximum Gasteiger partial charge on any atom is 0.347 e. The normalized spacial score (nSPS) is 12.2. The molecular formula is C13H18O3. The Morgan fingerprint density at radius 2 is 1.81 bits per heavy atom. The monoisotopic (exact) mass is 222 g/mol. The van der Waals surface area contributed by atoms with Crippen molar-refractivity contribution in [3.63, 3.8) is 0 Å². The molecule has 0 spiro atoms. The predicted octanol–water partition coefficient (Wildman–Crippen LogP) is 2.65. The molecule has 0 saturated heterocycles. The molecule has 0 aliphatic heterocycles. The van der Waals surface area contributed by atoms with E-state index in [0.717, 1.165) is 0 Å². The number of esters is 1. The van der Waals surface area contributed by atoms with Crippen LogP contribution in [-0.2, 0) is 9.53 Å². The number of rotatable bonds is 5. The van der Waals surface area contributed by atoms with Crippen molar-refractivity contribution in [3.8, 4) is 5.75 Å². The molecule has 1 aromatic carbocycles. The topological polar surface area (TPSA) is 35.5 Å². The molecular weight excluding hydrogens is 204 g/mol. The summed E-state index contributed by atoms with van der Waals surface area (Å²) in [6.45, 7) is 6.11. The number of hydrogen-bond donors (Lipinski definition) is 0. The first-order valence-electron chi connectivity index (χ1n) is 5.48. The highest BCUT2D eigenvalue weighted by Gasteiger charge is 2.16. The minimum atomic E-state index is -0.568. The highest BCUT2D eigenvalue weighted by molar-refractivity contribution is 5.74. The van der Waals surface area contributed by atoms with Gasteiger partial charge in [0.15, 0.2) is 6.10 Å². The summed E-state index contributed by atoms with van der Waals surface area (Å²) in [6.07, 6.45) is -0.568. The fraction of sp³-hybridized carbons (Fsp3) is 0.462. The van der Waals surface area contributed by atoms with Crippen molar-refractivity contribution in [2.75, 3.05) is 6.61 Å². The summed E-state index contributed by atoms with van der Waals surface area (Å²) in [6, 6.07) is 9.25. The summed E-state index contributed by atoms with van der Waals surface area (Å²) >= 11 is 0. The highest BCUT2D eigenvalue weighted by atomic mass is 16.6. The van der Waals surface area contributed by atoms with Crippen LogP contribution < -0.4 is 4.74 Å². The van der Waals surface area contributed by atoms with Crippen LogP contribution in [0.5, 0.6) is 5.75 Å². The van der Waals surface area contributed by atoms with Gasteiger partial charge >= 0.3 is 5.97 Å². The van der Waals surface area contributed by atoms with Gasteiger partial charge < -0.3 is 9.47 Å². The van der Waals surface area contributed by atoms with Crippen LogP contribution in [0.3, 0.4) is 0 Å². The summed E-state index contributed by atoms with van der Waals surface area (Å²) < 4.78 is 10.5. The van der Waals surface area contributed by atoms with Crippen LogP contribution in [0.4, 0.5) is 0 Å². The van der Waals surface area contributed by atoms with Gasteiger partial charge in [-0.3, -0.25) is 0 Å². The number of benzene rings is 1. The third-order valence-electron chi connectivity index (χ3n) is 1.95. The molecule has 1 aromatic rings. The molecule has 0 fully saturated rings.